The summed E-state index contributed by atoms with van der Waals surface area (Å²) in [7, 11) is 0. The van der Waals surface area contributed by atoms with Crippen LogP contribution in [0.1, 0.15) is 70.2 Å². The van der Waals surface area contributed by atoms with Gasteiger partial charge in [0.25, 0.3) is 0 Å². The molecule has 1 aromatic carbocycles. The zero-order valence-electron chi connectivity index (χ0n) is 23.0. The summed E-state index contributed by atoms with van der Waals surface area (Å²) in [5, 5.41) is 0. The van der Waals surface area contributed by atoms with Gasteiger partial charge < -0.3 is 14.2 Å². The molecule has 1 saturated heterocycles. The number of hydrogen-bond acceptors (Lipinski definition) is 7. The molecule has 1 heterocycles. The van der Waals surface area contributed by atoms with Crippen molar-refractivity contribution >= 4 is 23.5 Å². The molecule has 206 valence electrons. The van der Waals surface area contributed by atoms with Crippen molar-refractivity contribution in [3.8, 4) is 0 Å². The molecule has 0 N–H and O–H groups in total. The van der Waals surface area contributed by atoms with E-state index in [1.165, 1.54) is 0 Å². The number of carbonyl (C=O) groups excluding carboxylic acids is 4. The lowest BCUT2D eigenvalue weighted by atomic mass is 9.46. The van der Waals surface area contributed by atoms with Crippen molar-refractivity contribution in [1.82, 2.24) is 0 Å². The Hall–Kier alpha value is -3.06. The first-order chi connectivity index (χ1) is 18.5. The van der Waals surface area contributed by atoms with E-state index in [9.17, 15) is 19.2 Å². The Balaban J connectivity index is 1.35. The van der Waals surface area contributed by atoms with E-state index >= 15 is 0 Å². The first kappa shape index (κ1) is 26.2. The van der Waals surface area contributed by atoms with Crippen LogP contribution in [-0.2, 0) is 28.6 Å². The van der Waals surface area contributed by atoms with Crippen molar-refractivity contribution in [2.45, 2.75) is 77.1 Å². The summed E-state index contributed by atoms with van der Waals surface area (Å²) in [5.74, 6) is -1.42. The molecular weight excluding hydrogens is 496 g/mol. The van der Waals surface area contributed by atoms with E-state index in [1.807, 2.05) is 13.0 Å². The molecule has 8 atom stereocenters. The number of benzene rings is 1. The third-order valence-corrected chi connectivity index (χ3v) is 10.8. The number of carbonyl (C=O) groups is 4. The lowest BCUT2D eigenvalue weighted by molar-refractivity contribution is -0.193. The minimum absolute atomic E-state index is 0.0193. The van der Waals surface area contributed by atoms with E-state index in [4.69, 9.17) is 14.2 Å². The van der Waals surface area contributed by atoms with Gasteiger partial charge in [0.2, 0.25) is 5.78 Å². The van der Waals surface area contributed by atoms with E-state index in [0.717, 1.165) is 18.4 Å². The largest absolute Gasteiger partial charge is 0.454 e. The van der Waals surface area contributed by atoms with Crippen molar-refractivity contribution in [2.75, 3.05) is 6.61 Å². The molecule has 3 saturated carbocycles. The van der Waals surface area contributed by atoms with Crippen molar-refractivity contribution in [3.63, 3.8) is 0 Å². The SMILES string of the molecule is CCC(=O)O[C@@]1(C(=O)COC(=O)c2ccccc2)[C@H](C)C[C@H]2[C@@H]3CCC4=CC(=O)C=C[C@]4(C)[C@@]34O[C@H]4C[C@@]21C. The van der Waals surface area contributed by atoms with Crippen LogP contribution >= 0.6 is 0 Å². The molecule has 0 amide bonds. The fourth-order valence-corrected chi connectivity index (χ4v) is 8.98. The second-order valence-electron chi connectivity index (χ2n) is 12.4. The highest BCUT2D eigenvalue weighted by Gasteiger charge is 2.83. The van der Waals surface area contributed by atoms with Gasteiger partial charge in [-0.25, -0.2) is 4.79 Å². The van der Waals surface area contributed by atoms with E-state index in [1.54, 1.807) is 49.4 Å². The van der Waals surface area contributed by atoms with Gasteiger partial charge in [-0.1, -0.05) is 50.6 Å². The summed E-state index contributed by atoms with van der Waals surface area (Å²) < 4.78 is 18.3. The summed E-state index contributed by atoms with van der Waals surface area (Å²) in [6.07, 6.45) is 8.36. The lowest BCUT2D eigenvalue weighted by Crippen LogP contribution is -2.63. The maximum atomic E-state index is 14.2. The van der Waals surface area contributed by atoms with Gasteiger partial charge in [0.15, 0.2) is 18.0 Å². The van der Waals surface area contributed by atoms with Crippen molar-refractivity contribution in [1.29, 1.82) is 0 Å². The first-order valence-corrected chi connectivity index (χ1v) is 14.1. The lowest BCUT2D eigenvalue weighted by Gasteiger charge is -2.56. The topological polar surface area (TPSA) is 99.3 Å². The summed E-state index contributed by atoms with van der Waals surface area (Å²) in [5.41, 5.74) is -1.42. The molecule has 39 heavy (non-hydrogen) atoms. The van der Waals surface area contributed by atoms with E-state index in [2.05, 4.69) is 13.8 Å². The van der Waals surface area contributed by atoms with Crippen LogP contribution in [0.25, 0.3) is 0 Å². The fraction of sp³-hybridized carbons (Fsp3) is 0.562. The van der Waals surface area contributed by atoms with Gasteiger partial charge in [0.1, 0.15) is 5.60 Å². The third kappa shape index (κ3) is 3.38. The van der Waals surface area contributed by atoms with Crippen molar-refractivity contribution < 1.29 is 33.4 Å². The molecule has 1 aliphatic heterocycles. The van der Waals surface area contributed by atoms with Crippen LogP contribution < -0.4 is 0 Å². The highest BCUT2D eigenvalue weighted by molar-refractivity contribution is 6.01. The number of rotatable bonds is 6. The number of Topliss-reactive ketones (excluding diaryl/α,β-unsaturated/α-hetero) is 1. The molecule has 0 bridgehead atoms. The standard InChI is InChI=1S/C32H36O7/c1-5-27(35)39-31(25(34)18-37-28(36)20-9-7-6-8-10-20)19(2)15-24-23-12-11-21-16-22(33)13-14-29(21,3)32(23)26(38-32)17-30(24,31)4/h6-10,13-14,16,19,23-24,26H,5,11-12,15,17-18H2,1-4H3/t19-,23+,24+,26+,29+,30+,31-,32-/m1/s1. The third-order valence-electron chi connectivity index (χ3n) is 10.8. The highest BCUT2D eigenvalue weighted by Crippen LogP contribution is 2.77. The summed E-state index contributed by atoms with van der Waals surface area (Å²) >= 11 is 0. The second kappa shape index (κ2) is 8.72. The number of epoxide rings is 1. The van der Waals surface area contributed by atoms with Crippen LogP contribution in [-0.4, -0.2) is 47.4 Å². The predicted molar refractivity (Wildman–Crippen MR) is 142 cm³/mol. The quantitative estimate of drug-likeness (QED) is 0.384. The predicted octanol–water partition coefficient (Wildman–Crippen LogP) is 4.79. The van der Waals surface area contributed by atoms with Gasteiger partial charge in [0, 0.05) is 23.2 Å². The summed E-state index contributed by atoms with van der Waals surface area (Å²) in [6.45, 7) is 7.48. The van der Waals surface area contributed by atoms with E-state index < -0.39 is 35.2 Å². The van der Waals surface area contributed by atoms with Crippen LogP contribution in [0.15, 0.2) is 54.1 Å². The Bertz CT molecular complexity index is 1310. The molecule has 5 aliphatic rings. The first-order valence-electron chi connectivity index (χ1n) is 14.1. The maximum Gasteiger partial charge on any atom is 0.338 e. The zero-order chi connectivity index (χ0) is 27.8. The molecular formula is C32H36O7. The second-order valence-corrected chi connectivity index (χ2v) is 12.4. The van der Waals surface area contributed by atoms with Crippen LogP contribution in [0.4, 0.5) is 0 Å². The van der Waals surface area contributed by atoms with Crippen LogP contribution in [0.3, 0.4) is 0 Å². The monoisotopic (exact) mass is 532 g/mol. The van der Waals surface area contributed by atoms with Gasteiger partial charge >= 0.3 is 11.9 Å². The Morgan fingerprint density at radius 2 is 1.85 bits per heavy atom. The molecule has 4 aliphatic carbocycles. The Morgan fingerprint density at radius 1 is 1.10 bits per heavy atom. The smallest absolute Gasteiger partial charge is 0.338 e. The fourth-order valence-electron chi connectivity index (χ4n) is 8.98. The molecule has 0 unspecified atom stereocenters. The number of ketones is 2. The Labute approximate surface area is 228 Å². The average molecular weight is 533 g/mol. The molecule has 7 heteroatoms. The maximum absolute atomic E-state index is 14.2. The number of hydrogen-bond donors (Lipinski definition) is 0. The van der Waals surface area contributed by atoms with Crippen molar-refractivity contribution in [3.05, 3.63) is 59.7 Å². The zero-order valence-corrected chi connectivity index (χ0v) is 23.0. The van der Waals surface area contributed by atoms with Gasteiger partial charge in [-0.2, -0.15) is 0 Å². The Kier molecular flexibility index (Phi) is 5.85. The highest BCUT2D eigenvalue weighted by atomic mass is 16.6. The normalized spacial score (nSPS) is 41.3. The average Bonchev–Trinajstić information content (AvgIpc) is 3.60. The molecule has 6 rings (SSSR count). The minimum Gasteiger partial charge on any atom is -0.454 e. The molecule has 4 fully saturated rings. The molecule has 1 aromatic rings. The minimum atomic E-state index is -1.42. The number of esters is 2. The van der Waals surface area contributed by atoms with E-state index in [0.29, 0.717) is 18.4 Å². The number of allylic oxidation sites excluding steroid dienone is 2. The Morgan fingerprint density at radius 3 is 2.56 bits per heavy atom. The van der Waals surface area contributed by atoms with Gasteiger partial charge in [-0.15, -0.1) is 0 Å². The number of fused-ring (bicyclic) bond motifs is 3. The van der Waals surface area contributed by atoms with Crippen molar-refractivity contribution in [2.24, 2.45) is 28.6 Å². The van der Waals surface area contributed by atoms with Gasteiger partial charge in [0.05, 0.1) is 11.7 Å². The molecule has 0 radical (unpaired) electrons. The number of ether oxygens (including phenoxy) is 3. The molecule has 1 spiro atoms. The van der Waals surface area contributed by atoms with Gasteiger partial charge in [-0.05, 0) is 68.7 Å². The van der Waals surface area contributed by atoms with Gasteiger partial charge in [-0.3, -0.25) is 14.4 Å². The van der Waals surface area contributed by atoms with E-state index in [-0.39, 0.29) is 47.3 Å². The molecule has 7 nitrogen and oxygen atoms in total. The molecule has 0 aromatic heterocycles. The summed E-state index contributed by atoms with van der Waals surface area (Å²) in [6, 6.07) is 8.55. The van der Waals surface area contributed by atoms with Crippen LogP contribution in [0.5, 0.6) is 0 Å². The van der Waals surface area contributed by atoms with Crippen LogP contribution in [0.2, 0.25) is 0 Å². The van der Waals surface area contributed by atoms with Crippen LogP contribution in [0, 0.1) is 28.6 Å². The summed E-state index contributed by atoms with van der Waals surface area (Å²) in [4.78, 5) is 51.9.